The molecule has 2 saturated heterocycles. The maximum Gasteiger partial charge on any atom is 0.289 e. The van der Waals surface area contributed by atoms with Crippen LogP contribution in [0, 0.1) is 5.92 Å². The van der Waals surface area contributed by atoms with Gasteiger partial charge in [0.1, 0.15) is 5.76 Å². The normalized spacial score (nSPS) is 21.6. The summed E-state index contributed by atoms with van der Waals surface area (Å²) < 4.78 is 10.8. The smallest absolute Gasteiger partial charge is 0.289 e. The largest absolute Gasteiger partial charge is 0.468 e. The van der Waals surface area contributed by atoms with Crippen molar-refractivity contribution in [2.24, 2.45) is 5.92 Å². The van der Waals surface area contributed by atoms with Crippen LogP contribution in [-0.2, 0) is 4.79 Å². The van der Waals surface area contributed by atoms with Gasteiger partial charge in [0.05, 0.1) is 24.5 Å². The van der Waals surface area contributed by atoms with E-state index in [1.165, 1.54) is 19.1 Å². The van der Waals surface area contributed by atoms with Crippen molar-refractivity contribution in [3.63, 3.8) is 0 Å². The molecule has 2 atom stereocenters. The molecule has 2 fully saturated rings. The lowest BCUT2D eigenvalue weighted by molar-refractivity contribution is -0.126. The van der Waals surface area contributed by atoms with Crippen molar-refractivity contribution in [1.82, 2.24) is 15.1 Å². The SMILES string of the molecule is O=C(NC[C@@H](c1ccco1)N1CCCC1)[C@@H]1CCCN(C(=O)c2ccco2)C1. The number of hydrogen-bond donors (Lipinski definition) is 1. The number of amides is 2. The summed E-state index contributed by atoms with van der Waals surface area (Å²) >= 11 is 0. The molecule has 150 valence electrons. The Kier molecular flexibility index (Phi) is 5.81. The van der Waals surface area contributed by atoms with Crippen molar-refractivity contribution in [3.05, 3.63) is 48.3 Å². The van der Waals surface area contributed by atoms with Crippen LogP contribution in [0.25, 0.3) is 0 Å². The summed E-state index contributed by atoms with van der Waals surface area (Å²) in [6.45, 7) is 3.66. The van der Waals surface area contributed by atoms with E-state index >= 15 is 0 Å². The van der Waals surface area contributed by atoms with Crippen molar-refractivity contribution in [2.75, 3.05) is 32.7 Å². The van der Waals surface area contributed by atoms with Gasteiger partial charge < -0.3 is 19.1 Å². The number of carbonyl (C=O) groups is 2. The van der Waals surface area contributed by atoms with Crippen LogP contribution in [0.1, 0.15) is 48.0 Å². The fourth-order valence-corrected chi connectivity index (χ4v) is 4.22. The first-order valence-corrected chi connectivity index (χ1v) is 10.1. The quantitative estimate of drug-likeness (QED) is 0.827. The third kappa shape index (κ3) is 4.14. The van der Waals surface area contributed by atoms with Gasteiger partial charge in [0.2, 0.25) is 5.91 Å². The van der Waals surface area contributed by atoms with Crippen molar-refractivity contribution >= 4 is 11.8 Å². The Labute approximate surface area is 164 Å². The van der Waals surface area contributed by atoms with Gasteiger partial charge >= 0.3 is 0 Å². The number of likely N-dealkylation sites (tertiary alicyclic amines) is 2. The van der Waals surface area contributed by atoms with Crippen molar-refractivity contribution < 1.29 is 18.4 Å². The molecule has 0 aromatic carbocycles. The van der Waals surface area contributed by atoms with Gasteiger partial charge in [0, 0.05) is 19.6 Å². The zero-order chi connectivity index (χ0) is 19.3. The minimum atomic E-state index is -0.191. The first-order chi connectivity index (χ1) is 13.7. The number of piperidine rings is 1. The average Bonchev–Trinajstić information content (AvgIpc) is 3.51. The number of nitrogens with one attached hydrogen (secondary N) is 1. The topological polar surface area (TPSA) is 78.9 Å². The summed E-state index contributed by atoms with van der Waals surface area (Å²) in [5, 5.41) is 3.11. The lowest BCUT2D eigenvalue weighted by atomic mass is 9.96. The van der Waals surface area contributed by atoms with Crippen LogP contribution >= 0.6 is 0 Å². The summed E-state index contributed by atoms with van der Waals surface area (Å²) in [7, 11) is 0. The first-order valence-electron chi connectivity index (χ1n) is 10.1. The maximum atomic E-state index is 12.8. The molecular weight excluding hydrogens is 358 g/mol. The van der Waals surface area contributed by atoms with Crippen LogP contribution < -0.4 is 5.32 Å². The van der Waals surface area contributed by atoms with Crippen molar-refractivity contribution in [2.45, 2.75) is 31.7 Å². The second kappa shape index (κ2) is 8.65. The Morgan fingerprint density at radius 3 is 2.57 bits per heavy atom. The van der Waals surface area contributed by atoms with Gasteiger partial charge in [-0.05, 0) is 63.0 Å². The monoisotopic (exact) mass is 385 g/mol. The van der Waals surface area contributed by atoms with Crippen LogP contribution in [-0.4, -0.2) is 54.3 Å². The Bertz CT molecular complexity index is 766. The third-order valence-electron chi connectivity index (χ3n) is 5.73. The van der Waals surface area contributed by atoms with Gasteiger partial charge in [-0.15, -0.1) is 0 Å². The maximum absolute atomic E-state index is 12.8. The molecule has 0 saturated carbocycles. The number of rotatable bonds is 6. The summed E-state index contributed by atoms with van der Waals surface area (Å²) in [5.41, 5.74) is 0. The van der Waals surface area contributed by atoms with Crippen LogP contribution in [0.15, 0.2) is 45.6 Å². The highest BCUT2D eigenvalue weighted by atomic mass is 16.3. The molecule has 0 radical (unpaired) electrons. The van der Waals surface area contributed by atoms with Gasteiger partial charge in [0.15, 0.2) is 5.76 Å². The summed E-state index contributed by atoms with van der Waals surface area (Å²) in [6.07, 6.45) is 7.14. The van der Waals surface area contributed by atoms with Crippen molar-refractivity contribution in [3.8, 4) is 0 Å². The molecule has 0 aliphatic carbocycles. The lowest BCUT2D eigenvalue weighted by Crippen LogP contribution is -2.46. The van der Waals surface area contributed by atoms with E-state index < -0.39 is 0 Å². The standard InChI is InChI=1S/C21H27N3O4/c25-20(16-6-3-11-24(15-16)21(26)19-8-5-13-28-19)22-14-17(18-7-4-12-27-18)23-9-1-2-10-23/h4-5,7-8,12-13,16-17H,1-3,6,9-11,14-15H2,(H,22,25)/t16-,17+/m1/s1. The van der Waals surface area contributed by atoms with E-state index in [1.807, 2.05) is 12.1 Å². The van der Waals surface area contributed by atoms with E-state index in [1.54, 1.807) is 23.3 Å². The third-order valence-corrected chi connectivity index (χ3v) is 5.73. The highest BCUT2D eigenvalue weighted by Crippen LogP contribution is 2.25. The van der Waals surface area contributed by atoms with Crippen LogP contribution in [0.4, 0.5) is 0 Å². The fraction of sp³-hybridized carbons (Fsp3) is 0.524. The molecule has 2 amide bonds. The Morgan fingerprint density at radius 2 is 1.86 bits per heavy atom. The van der Waals surface area contributed by atoms with E-state index in [4.69, 9.17) is 8.83 Å². The summed E-state index contributed by atoms with van der Waals surface area (Å²) in [6, 6.07) is 7.29. The van der Waals surface area contributed by atoms with Crippen molar-refractivity contribution in [1.29, 1.82) is 0 Å². The average molecular weight is 385 g/mol. The Hall–Kier alpha value is -2.54. The number of nitrogens with zero attached hydrogens (tertiary/aromatic N) is 2. The molecule has 1 N–H and O–H groups in total. The number of hydrogen-bond acceptors (Lipinski definition) is 5. The second-order valence-electron chi connectivity index (χ2n) is 7.59. The molecule has 7 heteroatoms. The Morgan fingerprint density at radius 1 is 1.07 bits per heavy atom. The summed E-state index contributed by atoms with van der Waals surface area (Å²) in [5.74, 6) is 0.887. The van der Waals surface area contributed by atoms with Gasteiger partial charge in [-0.3, -0.25) is 14.5 Å². The second-order valence-corrected chi connectivity index (χ2v) is 7.59. The molecule has 0 bridgehead atoms. The van der Waals surface area contributed by atoms with E-state index in [0.717, 1.165) is 31.7 Å². The van der Waals surface area contributed by atoms with E-state index in [0.29, 0.717) is 25.4 Å². The van der Waals surface area contributed by atoms with E-state index in [2.05, 4.69) is 10.2 Å². The van der Waals surface area contributed by atoms with Gasteiger partial charge in [-0.2, -0.15) is 0 Å². The number of furan rings is 2. The molecule has 2 aliphatic rings. The van der Waals surface area contributed by atoms with Crippen LogP contribution in [0.5, 0.6) is 0 Å². The molecule has 0 unspecified atom stereocenters. The Balaban J connectivity index is 1.35. The summed E-state index contributed by atoms with van der Waals surface area (Å²) in [4.78, 5) is 29.4. The number of carbonyl (C=O) groups excluding carboxylic acids is 2. The minimum Gasteiger partial charge on any atom is -0.468 e. The predicted octanol–water partition coefficient (Wildman–Crippen LogP) is 2.68. The van der Waals surface area contributed by atoms with Crippen LogP contribution in [0.3, 0.4) is 0 Å². The molecular formula is C21H27N3O4. The van der Waals surface area contributed by atoms with E-state index in [9.17, 15) is 9.59 Å². The van der Waals surface area contributed by atoms with Gasteiger partial charge in [0.25, 0.3) is 5.91 Å². The molecule has 28 heavy (non-hydrogen) atoms. The zero-order valence-electron chi connectivity index (χ0n) is 16.0. The highest BCUT2D eigenvalue weighted by Gasteiger charge is 2.31. The molecule has 2 aromatic heterocycles. The van der Waals surface area contributed by atoms with Gasteiger partial charge in [-0.1, -0.05) is 0 Å². The minimum absolute atomic E-state index is 0.00713. The van der Waals surface area contributed by atoms with Crippen LogP contribution in [0.2, 0.25) is 0 Å². The van der Waals surface area contributed by atoms with Gasteiger partial charge in [-0.25, -0.2) is 0 Å². The fourth-order valence-electron chi connectivity index (χ4n) is 4.22. The molecule has 0 spiro atoms. The first kappa shape index (κ1) is 18.8. The zero-order valence-corrected chi connectivity index (χ0v) is 16.0. The molecule has 2 aliphatic heterocycles. The molecule has 4 rings (SSSR count). The van der Waals surface area contributed by atoms with E-state index in [-0.39, 0.29) is 23.8 Å². The predicted molar refractivity (Wildman–Crippen MR) is 103 cm³/mol. The molecule has 4 heterocycles. The lowest BCUT2D eigenvalue weighted by Gasteiger charge is -2.32. The highest BCUT2D eigenvalue weighted by molar-refractivity contribution is 5.92. The molecule has 2 aromatic rings. The molecule has 7 nitrogen and oxygen atoms in total.